The number of fused-ring (bicyclic) bond motifs is 6. The van der Waals surface area contributed by atoms with Crippen LogP contribution in [-0.4, -0.2) is 0 Å². The molecular formula is C54H35NOS. The average Bonchev–Trinajstić information content (AvgIpc) is 3.88. The van der Waals surface area contributed by atoms with Gasteiger partial charge in [0, 0.05) is 42.2 Å². The summed E-state index contributed by atoms with van der Waals surface area (Å²) in [4.78, 5) is 2.40. The Morgan fingerprint density at radius 3 is 1.49 bits per heavy atom. The summed E-state index contributed by atoms with van der Waals surface area (Å²) >= 11 is 1.84. The number of nitrogens with zero attached hydrogens (tertiary/aromatic N) is 1. The van der Waals surface area contributed by atoms with Gasteiger partial charge in [-0.3, -0.25) is 0 Å². The molecule has 0 spiro atoms. The molecule has 0 aliphatic rings. The van der Waals surface area contributed by atoms with Crippen molar-refractivity contribution in [1.82, 2.24) is 0 Å². The van der Waals surface area contributed by atoms with Crippen molar-refractivity contribution in [1.29, 1.82) is 0 Å². The maximum absolute atomic E-state index is 7.24. The van der Waals surface area contributed by atoms with Crippen LogP contribution in [0.1, 0.15) is 0 Å². The first-order chi connectivity index (χ1) is 28.3. The van der Waals surface area contributed by atoms with Crippen molar-refractivity contribution in [3.63, 3.8) is 0 Å². The third-order valence-corrected chi connectivity index (χ3v) is 12.2. The molecule has 268 valence electrons. The maximum Gasteiger partial charge on any atom is 0.159 e. The van der Waals surface area contributed by atoms with E-state index in [1.807, 2.05) is 11.3 Å². The maximum atomic E-state index is 7.24. The van der Waals surface area contributed by atoms with Crippen LogP contribution in [0.4, 0.5) is 17.1 Å². The van der Waals surface area contributed by atoms with Crippen LogP contribution in [0.3, 0.4) is 0 Å². The van der Waals surface area contributed by atoms with Gasteiger partial charge in [-0.1, -0.05) is 170 Å². The van der Waals surface area contributed by atoms with Crippen molar-refractivity contribution in [3.05, 3.63) is 212 Å². The number of benzene rings is 9. The molecule has 0 fully saturated rings. The van der Waals surface area contributed by atoms with E-state index in [2.05, 4.69) is 217 Å². The second-order valence-electron chi connectivity index (χ2n) is 14.4. The molecule has 0 saturated heterocycles. The van der Waals surface area contributed by atoms with Crippen molar-refractivity contribution in [2.75, 3.05) is 4.90 Å². The van der Waals surface area contributed by atoms with Crippen molar-refractivity contribution in [3.8, 4) is 44.5 Å². The van der Waals surface area contributed by atoms with Crippen LogP contribution >= 0.6 is 11.3 Å². The predicted molar refractivity (Wildman–Crippen MR) is 243 cm³/mol. The number of hydrogen-bond acceptors (Lipinski definition) is 3. The van der Waals surface area contributed by atoms with E-state index < -0.39 is 0 Å². The number of hydrogen-bond donors (Lipinski definition) is 0. The van der Waals surface area contributed by atoms with Gasteiger partial charge in [-0.15, -0.1) is 11.3 Å². The zero-order valence-electron chi connectivity index (χ0n) is 31.0. The molecule has 9 aromatic carbocycles. The highest BCUT2D eigenvalue weighted by atomic mass is 32.1. The molecule has 0 saturated carbocycles. The van der Waals surface area contributed by atoms with E-state index in [9.17, 15) is 0 Å². The topological polar surface area (TPSA) is 16.4 Å². The van der Waals surface area contributed by atoms with Gasteiger partial charge in [-0.25, -0.2) is 0 Å². The number of para-hydroxylation sites is 1. The summed E-state index contributed by atoms with van der Waals surface area (Å²) in [5.41, 5.74) is 14.2. The van der Waals surface area contributed by atoms with Crippen molar-refractivity contribution in [2.24, 2.45) is 0 Å². The summed E-state index contributed by atoms with van der Waals surface area (Å²) < 4.78 is 9.77. The fraction of sp³-hybridized carbons (Fsp3) is 0. The lowest BCUT2D eigenvalue weighted by Crippen LogP contribution is -2.10. The second kappa shape index (κ2) is 13.8. The van der Waals surface area contributed by atoms with Crippen molar-refractivity contribution < 1.29 is 4.42 Å². The van der Waals surface area contributed by atoms with Crippen LogP contribution in [0.15, 0.2) is 217 Å². The van der Waals surface area contributed by atoms with Gasteiger partial charge in [-0.2, -0.15) is 0 Å². The highest BCUT2D eigenvalue weighted by molar-refractivity contribution is 7.26. The van der Waals surface area contributed by atoms with Crippen molar-refractivity contribution >= 4 is 70.5 Å². The minimum absolute atomic E-state index is 0.852. The van der Waals surface area contributed by atoms with Gasteiger partial charge < -0.3 is 9.32 Å². The molecule has 0 aliphatic carbocycles. The molecular weight excluding hydrogens is 711 g/mol. The molecule has 2 aromatic heterocycles. The van der Waals surface area contributed by atoms with Gasteiger partial charge in [0.1, 0.15) is 5.58 Å². The summed E-state index contributed by atoms with van der Waals surface area (Å²) in [6.07, 6.45) is 0. The summed E-state index contributed by atoms with van der Waals surface area (Å²) in [6, 6.07) is 76.1. The van der Waals surface area contributed by atoms with Gasteiger partial charge >= 0.3 is 0 Å². The molecule has 57 heavy (non-hydrogen) atoms. The van der Waals surface area contributed by atoms with Gasteiger partial charge in [0.2, 0.25) is 0 Å². The summed E-state index contributed by atoms with van der Waals surface area (Å²) in [7, 11) is 0. The predicted octanol–water partition coefficient (Wildman–Crippen LogP) is 16.1. The SMILES string of the molecule is c1ccc(-c2ccc(-c3ccc(N(c4cccc5c4oc4c(-c6ccccc6)ccc(-c6ccccc6)c45)c4cccc5sc6ccccc6c45)cc3)cc2)cc1. The molecule has 0 atom stereocenters. The van der Waals surface area contributed by atoms with E-state index in [1.54, 1.807) is 0 Å². The standard InChI is InChI=1S/C54H35NOS/c1-4-14-36(15-5-1)37-26-28-38(29-27-37)39-30-32-42(33-31-39)55(47-22-13-25-50-52(47)45-20-10-11-24-49(45)57-50)48-23-12-21-46-51-43(40-16-6-2-7-17-40)34-35-44(54(51)56-53(46)48)41-18-8-3-9-19-41/h1-35H. The largest absolute Gasteiger partial charge is 0.453 e. The van der Waals surface area contributed by atoms with Gasteiger partial charge in [-0.05, 0) is 81.4 Å². The number of anilines is 3. The molecule has 0 radical (unpaired) electrons. The van der Waals surface area contributed by atoms with Gasteiger partial charge in [0.05, 0.1) is 11.4 Å². The molecule has 0 unspecified atom stereocenters. The first kappa shape index (κ1) is 33.2. The fourth-order valence-corrected chi connectivity index (χ4v) is 9.53. The van der Waals surface area contributed by atoms with Crippen molar-refractivity contribution in [2.45, 2.75) is 0 Å². The quantitative estimate of drug-likeness (QED) is 0.162. The fourth-order valence-electron chi connectivity index (χ4n) is 8.41. The Morgan fingerprint density at radius 1 is 0.316 bits per heavy atom. The van der Waals surface area contributed by atoms with E-state index in [1.165, 1.54) is 42.4 Å². The molecule has 3 heteroatoms. The van der Waals surface area contributed by atoms with E-state index in [0.717, 1.165) is 61.3 Å². The summed E-state index contributed by atoms with van der Waals surface area (Å²) in [5.74, 6) is 0. The zero-order chi connectivity index (χ0) is 37.7. The van der Waals surface area contributed by atoms with Crippen LogP contribution in [0.25, 0.3) is 86.6 Å². The molecule has 0 amide bonds. The first-order valence-corrected chi connectivity index (χ1v) is 20.2. The van der Waals surface area contributed by atoms with E-state index in [-0.39, 0.29) is 0 Å². The number of rotatable bonds is 7. The lowest BCUT2D eigenvalue weighted by Gasteiger charge is -2.26. The minimum Gasteiger partial charge on any atom is -0.453 e. The number of thiophene rings is 1. The summed E-state index contributed by atoms with van der Waals surface area (Å²) in [5, 5.41) is 4.69. The van der Waals surface area contributed by atoms with Gasteiger partial charge in [0.25, 0.3) is 0 Å². The highest BCUT2D eigenvalue weighted by Gasteiger charge is 2.25. The lowest BCUT2D eigenvalue weighted by molar-refractivity contribution is 0.670. The lowest BCUT2D eigenvalue weighted by atomic mass is 9.94. The van der Waals surface area contributed by atoms with E-state index >= 15 is 0 Å². The Hall–Kier alpha value is -7.20. The average molecular weight is 746 g/mol. The van der Waals surface area contributed by atoms with E-state index in [0.29, 0.717) is 0 Å². The van der Waals surface area contributed by atoms with Crippen LogP contribution in [0, 0.1) is 0 Å². The normalized spacial score (nSPS) is 11.5. The smallest absolute Gasteiger partial charge is 0.159 e. The first-order valence-electron chi connectivity index (χ1n) is 19.3. The molecule has 0 N–H and O–H groups in total. The third-order valence-electron chi connectivity index (χ3n) is 11.1. The van der Waals surface area contributed by atoms with E-state index in [4.69, 9.17) is 4.42 Å². The number of furan rings is 1. The Kier molecular flexibility index (Phi) is 8.04. The Labute approximate surface area is 335 Å². The van der Waals surface area contributed by atoms with Crippen LogP contribution in [-0.2, 0) is 0 Å². The molecule has 0 aliphatic heterocycles. The highest BCUT2D eigenvalue weighted by Crippen LogP contribution is 2.50. The Balaban J connectivity index is 1.14. The molecule has 2 nitrogen and oxygen atoms in total. The molecule has 2 heterocycles. The van der Waals surface area contributed by atoms with Gasteiger partial charge in [0.15, 0.2) is 5.58 Å². The molecule has 11 rings (SSSR count). The Morgan fingerprint density at radius 2 is 0.807 bits per heavy atom. The second-order valence-corrected chi connectivity index (χ2v) is 15.5. The molecule has 0 bridgehead atoms. The third kappa shape index (κ3) is 5.71. The molecule has 11 aromatic rings. The Bertz CT molecular complexity index is 3200. The monoisotopic (exact) mass is 745 g/mol. The summed E-state index contributed by atoms with van der Waals surface area (Å²) in [6.45, 7) is 0. The van der Waals surface area contributed by atoms with Crippen LogP contribution < -0.4 is 4.90 Å². The van der Waals surface area contributed by atoms with Crippen LogP contribution in [0.5, 0.6) is 0 Å². The van der Waals surface area contributed by atoms with Crippen LogP contribution in [0.2, 0.25) is 0 Å². The zero-order valence-corrected chi connectivity index (χ0v) is 31.8. The minimum atomic E-state index is 0.852.